The van der Waals surface area contributed by atoms with Crippen LogP contribution in [0.1, 0.15) is 32.1 Å². The Balaban J connectivity index is 2.21. The number of carboxylic acid groups (broad SMARTS) is 1. The van der Waals surface area contributed by atoms with Crippen LogP contribution in [0.3, 0.4) is 0 Å². The molecule has 120 valence electrons. The second kappa shape index (κ2) is 5.15. The van der Waals surface area contributed by atoms with Gasteiger partial charge in [0.1, 0.15) is 0 Å². The molecule has 0 spiro atoms. The topological polar surface area (TPSA) is 83.6 Å². The number of aliphatic carboxylic acids is 1. The van der Waals surface area contributed by atoms with Crippen LogP contribution in [-0.2, 0) is 9.59 Å². The fourth-order valence-electron chi connectivity index (χ4n) is 3.40. The molecular weight excluding hydrogens is 289 g/mol. The fourth-order valence-corrected chi connectivity index (χ4v) is 3.40. The molecule has 1 aliphatic carbocycles. The lowest BCUT2D eigenvalue weighted by Crippen LogP contribution is -2.50. The van der Waals surface area contributed by atoms with Gasteiger partial charge in [-0.2, -0.15) is 13.2 Å². The molecule has 1 atom stereocenters. The van der Waals surface area contributed by atoms with E-state index in [9.17, 15) is 22.8 Å². The summed E-state index contributed by atoms with van der Waals surface area (Å²) in [4.78, 5) is 24.7. The maximum Gasteiger partial charge on any atom is 0.406 e. The number of carbonyl (C=O) groups excluding carboxylic acids is 1. The lowest BCUT2D eigenvalue weighted by atomic mass is 9.84. The number of hydrogen-bond donors (Lipinski definition) is 2. The van der Waals surface area contributed by atoms with E-state index in [2.05, 4.69) is 0 Å². The summed E-state index contributed by atoms with van der Waals surface area (Å²) < 4.78 is 39.3. The summed E-state index contributed by atoms with van der Waals surface area (Å²) in [6.07, 6.45) is -2.71. The first kappa shape index (κ1) is 16.1. The summed E-state index contributed by atoms with van der Waals surface area (Å²) in [5.74, 6) is -2.34. The standard InChI is InChI=1S/C13H19F3N2O3/c14-13(15,16)12(10(20)21)5-6-18(8-12)9(19)11(7-17)3-1-2-4-11/h1-8,17H2,(H,20,21). The number of carboxylic acids is 1. The zero-order valence-corrected chi connectivity index (χ0v) is 11.6. The first-order valence-corrected chi connectivity index (χ1v) is 6.98. The Kier molecular flexibility index (Phi) is 3.94. The number of carbonyl (C=O) groups is 2. The molecule has 1 saturated heterocycles. The molecule has 1 heterocycles. The molecule has 8 heteroatoms. The van der Waals surface area contributed by atoms with Gasteiger partial charge in [-0.25, -0.2) is 0 Å². The van der Waals surface area contributed by atoms with Crippen LogP contribution in [0.2, 0.25) is 0 Å². The van der Waals surface area contributed by atoms with Crippen molar-refractivity contribution in [2.45, 2.75) is 38.3 Å². The lowest BCUT2D eigenvalue weighted by Gasteiger charge is -2.32. The molecule has 1 unspecified atom stereocenters. The summed E-state index contributed by atoms with van der Waals surface area (Å²) in [6.45, 7) is -0.909. The molecule has 0 aromatic carbocycles. The van der Waals surface area contributed by atoms with Gasteiger partial charge in [-0.15, -0.1) is 0 Å². The van der Waals surface area contributed by atoms with Gasteiger partial charge < -0.3 is 15.7 Å². The average molecular weight is 308 g/mol. The number of hydrogen-bond acceptors (Lipinski definition) is 3. The number of halogens is 3. The molecule has 1 saturated carbocycles. The van der Waals surface area contributed by atoms with Crippen LogP contribution in [0.4, 0.5) is 13.2 Å². The van der Waals surface area contributed by atoms with E-state index in [4.69, 9.17) is 10.8 Å². The molecule has 0 aromatic heterocycles. The molecule has 0 aromatic rings. The van der Waals surface area contributed by atoms with E-state index in [1.807, 2.05) is 0 Å². The Morgan fingerprint density at radius 1 is 1.19 bits per heavy atom. The van der Waals surface area contributed by atoms with Crippen LogP contribution in [-0.4, -0.2) is 47.7 Å². The molecule has 2 rings (SSSR count). The number of likely N-dealkylation sites (tertiary alicyclic amines) is 1. The van der Waals surface area contributed by atoms with Gasteiger partial charge >= 0.3 is 12.1 Å². The van der Waals surface area contributed by atoms with Crippen molar-refractivity contribution in [2.75, 3.05) is 19.6 Å². The number of alkyl halides is 3. The van der Waals surface area contributed by atoms with E-state index in [-0.39, 0.29) is 13.1 Å². The van der Waals surface area contributed by atoms with Gasteiger partial charge in [0, 0.05) is 19.6 Å². The summed E-state index contributed by atoms with van der Waals surface area (Å²) in [7, 11) is 0. The second-order valence-corrected chi connectivity index (χ2v) is 6.05. The minimum absolute atomic E-state index is 0.0917. The predicted octanol–water partition coefficient (Wildman–Crippen LogP) is 1.37. The Bertz CT molecular complexity index is 446. The summed E-state index contributed by atoms with van der Waals surface area (Å²) in [5, 5.41) is 9.00. The van der Waals surface area contributed by atoms with Crippen molar-refractivity contribution in [3.8, 4) is 0 Å². The third-order valence-corrected chi connectivity index (χ3v) is 4.91. The molecule has 0 radical (unpaired) electrons. The van der Waals surface area contributed by atoms with E-state index in [0.717, 1.165) is 17.7 Å². The van der Waals surface area contributed by atoms with Gasteiger partial charge in [-0.05, 0) is 19.3 Å². The average Bonchev–Trinajstić information content (AvgIpc) is 3.05. The highest BCUT2D eigenvalue weighted by molar-refractivity contribution is 5.85. The molecule has 1 amide bonds. The van der Waals surface area contributed by atoms with Crippen molar-refractivity contribution in [2.24, 2.45) is 16.6 Å². The summed E-state index contributed by atoms with van der Waals surface area (Å²) >= 11 is 0. The van der Waals surface area contributed by atoms with Crippen molar-refractivity contribution in [3.05, 3.63) is 0 Å². The quantitative estimate of drug-likeness (QED) is 0.825. The predicted molar refractivity (Wildman–Crippen MR) is 67.3 cm³/mol. The molecule has 2 fully saturated rings. The minimum atomic E-state index is -4.88. The van der Waals surface area contributed by atoms with E-state index >= 15 is 0 Å². The van der Waals surface area contributed by atoms with Crippen LogP contribution in [0.25, 0.3) is 0 Å². The van der Waals surface area contributed by atoms with Gasteiger partial charge in [0.15, 0.2) is 5.41 Å². The van der Waals surface area contributed by atoms with Crippen molar-refractivity contribution in [1.29, 1.82) is 0 Å². The van der Waals surface area contributed by atoms with E-state index in [0.29, 0.717) is 12.8 Å². The van der Waals surface area contributed by atoms with E-state index in [1.165, 1.54) is 0 Å². The molecule has 2 aliphatic rings. The maximum atomic E-state index is 13.1. The molecule has 21 heavy (non-hydrogen) atoms. The lowest BCUT2D eigenvalue weighted by molar-refractivity contribution is -0.227. The third kappa shape index (κ3) is 2.39. The van der Waals surface area contributed by atoms with Gasteiger partial charge in [-0.3, -0.25) is 9.59 Å². The van der Waals surface area contributed by atoms with Gasteiger partial charge in [0.2, 0.25) is 5.91 Å². The Morgan fingerprint density at radius 2 is 1.76 bits per heavy atom. The van der Waals surface area contributed by atoms with Crippen LogP contribution in [0, 0.1) is 10.8 Å². The Hall–Kier alpha value is -1.31. The van der Waals surface area contributed by atoms with Crippen LogP contribution in [0.5, 0.6) is 0 Å². The Morgan fingerprint density at radius 3 is 2.14 bits per heavy atom. The molecule has 0 bridgehead atoms. The zero-order valence-electron chi connectivity index (χ0n) is 11.6. The summed E-state index contributed by atoms with van der Waals surface area (Å²) in [5.41, 5.74) is 2.01. The maximum absolute atomic E-state index is 13.1. The SMILES string of the molecule is NCC1(C(=O)N2CCC(C(=O)O)(C(F)(F)F)C2)CCCC1. The van der Waals surface area contributed by atoms with Crippen molar-refractivity contribution >= 4 is 11.9 Å². The molecule has 1 aliphatic heterocycles. The highest BCUT2D eigenvalue weighted by Crippen LogP contribution is 2.48. The van der Waals surface area contributed by atoms with Crippen LogP contribution >= 0.6 is 0 Å². The van der Waals surface area contributed by atoms with E-state index in [1.54, 1.807) is 0 Å². The van der Waals surface area contributed by atoms with E-state index < -0.39 is 41.8 Å². The van der Waals surface area contributed by atoms with Crippen LogP contribution in [0.15, 0.2) is 0 Å². The zero-order chi connectivity index (χ0) is 15.9. The molecule has 3 N–H and O–H groups in total. The van der Waals surface area contributed by atoms with Gasteiger partial charge in [0.05, 0.1) is 5.41 Å². The smallest absolute Gasteiger partial charge is 0.406 e. The molecular formula is C13H19F3N2O3. The largest absolute Gasteiger partial charge is 0.481 e. The number of rotatable bonds is 3. The molecule has 5 nitrogen and oxygen atoms in total. The Labute approximate surface area is 120 Å². The first-order valence-electron chi connectivity index (χ1n) is 6.98. The van der Waals surface area contributed by atoms with Crippen molar-refractivity contribution in [1.82, 2.24) is 4.90 Å². The van der Waals surface area contributed by atoms with Gasteiger partial charge in [0.25, 0.3) is 0 Å². The first-order chi connectivity index (χ1) is 9.68. The van der Waals surface area contributed by atoms with Crippen molar-refractivity contribution < 1.29 is 27.9 Å². The number of nitrogens with zero attached hydrogens (tertiary/aromatic N) is 1. The minimum Gasteiger partial charge on any atom is -0.481 e. The second-order valence-electron chi connectivity index (χ2n) is 6.05. The number of amides is 1. The third-order valence-electron chi connectivity index (χ3n) is 4.91. The van der Waals surface area contributed by atoms with Crippen LogP contribution < -0.4 is 5.73 Å². The highest BCUT2D eigenvalue weighted by atomic mass is 19.4. The fraction of sp³-hybridized carbons (Fsp3) is 0.846. The monoisotopic (exact) mass is 308 g/mol. The normalized spacial score (nSPS) is 28.9. The number of nitrogens with two attached hydrogens (primary N) is 1. The highest BCUT2D eigenvalue weighted by Gasteiger charge is 2.65. The van der Waals surface area contributed by atoms with Gasteiger partial charge in [-0.1, -0.05) is 12.8 Å². The van der Waals surface area contributed by atoms with Crippen molar-refractivity contribution in [3.63, 3.8) is 0 Å². The summed E-state index contributed by atoms with van der Waals surface area (Å²) in [6, 6.07) is 0.